The summed E-state index contributed by atoms with van der Waals surface area (Å²) < 4.78 is 39.1. The molecule has 0 aliphatic rings. The Morgan fingerprint density at radius 2 is 1.89 bits per heavy atom. The SMILES string of the molecule is Cc1ccn(Cc2cccc(C(F)(F)F)c2)c(=O)c1. The largest absolute Gasteiger partial charge is 0.416 e. The molecule has 0 atom stereocenters. The Morgan fingerprint density at radius 3 is 2.53 bits per heavy atom. The van der Waals surface area contributed by atoms with Crippen molar-refractivity contribution >= 4 is 0 Å². The molecule has 0 aliphatic heterocycles. The highest BCUT2D eigenvalue weighted by atomic mass is 19.4. The van der Waals surface area contributed by atoms with Gasteiger partial charge in [0.05, 0.1) is 12.1 Å². The van der Waals surface area contributed by atoms with Gasteiger partial charge in [0.1, 0.15) is 0 Å². The van der Waals surface area contributed by atoms with E-state index in [0.717, 1.165) is 17.7 Å². The molecule has 2 aromatic rings. The first-order chi connectivity index (χ1) is 8.86. The Morgan fingerprint density at radius 1 is 1.16 bits per heavy atom. The molecule has 19 heavy (non-hydrogen) atoms. The van der Waals surface area contributed by atoms with Gasteiger partial charge in [-0.25, -0.2) is 0 Å². The number of halogens is 3. The van der Waals surface area contributed by atoms with E-state index < -0.39 is 11.7 Å². The highest BCUT2D eigenvalue weighted by Gasteiger charge is 2.30. The van der Waals surface area contributed by atoms with Gasteiger partial charge in [-0.05, 0) is 36.2 Å². The van der Waals surface area contributed by atoms with Gasteiger partial charge in [-0.3, -0.25) is 4.79 Å². The molecule has 0 unspecified atom stereocenters. The first kappa shape index (κ1) is 13.4. The summed E-state index contributed by atoms with van der Waals surface area (Å²) in [7, 11) is 0. The van der Waals surface area contributed by atoms with Crippen molar-refractivity contribution in [1.29, 1.82) is 0 Å². The summed E-state index contributed by atoms with van der Waals surface area (Å²) >= 11 is 0. The number of nitrogens with zero attached hydrogens (tertiary/aromatic N) is 1. The van der Waals surface area contributed by atoms with Crippen molar-refractivity contribution in [3.63, 3.8) is 0 Å². The summed E-state index contributed by atoms with van der Waals surface area (Å²) in [6, 6.07) is 8.19. The number of alkyl halides is 3. The fraction of sp³-hybridized carbons (Fsp3) is 0.214. The number of hydrogen-bond donors (Lipinski definition) is 0. The summed E-state index contributed by atoms with van der Waals surface area (Å²) in [6.07, 6.45) is -2.79. The summed E-state index contributed by atoms with van der Waals surface area (Å²) in [5.41, 5.74) is 0.341. The Hall–Kier alpha value is -2.04. The van der Waals surface area contributed by atoms with E-state index in [1.807, 2.05) is 0 Å². The minimum absolute atomic E-state index is 0.128. The average Bonchev–Trinajstić information content (AvgIpc) is 2.32. The van der Waals surface area contributed by atoms with Crippen LogP contribution in [0.15, 0.2) is 47.4 Å². The molecule has 5 heteroatoms. The van der Waals surface area contributed by atoms with E-state index in [4.69, 9.17) is 0 Å². The number of rotatable bonds is 2. The van der Waals surface area contributed by atoms with Crippen LogP contribution < -0.4 is 5.56 Å². The van der Waals surface area contributed by atoms with Gasteiger partial charge in [0.15, 0.2) is 0 Å². The topological polar surface area (TPSA) is 22.0 Å². The van der Waals surface area contributed by atoms with Crippen LogP contribution in [-0.4, -0.2) is 4.57 Å². The van der Waals surface area contributed by atoms with E-state index in [9.17, 15) is 18.0 Å². The van der Waals surface area contributed by atoms with Gasteiger partial charge >= 0.3 is 6.18 Å². The Labute approximate surface area is 108 Å². The fourth-order valence-corrected chi connectivity index (χ4v) is 1.78. The molecule has 1 heterocycles. The van der Waals surface area contributed by atoms with Crippen LogP contribution in [0.3, 0.4) is 0 Å². The molecule has 0 aliphatic carbocycles. The third-order valence-corrected chi connectivity index (χ3v) is 2.76. The number of pyridine rings is 1. The van der Waals surface area contributed by atoms with Gasteiger partial charge in [-0.1, -0.05) is 12.1 Å². The molecule has 0 bridgehead atoms. The fourth-order valence-electron chi connectivity index (χ4n) is 1.78. The van der Waals surface area contributed by atoms with Crippen molar-refractivity contribution in [2.75, 3.05) is 0 Å². The van der Waals surface area contributed by atoms with Crippen LogP contribution in [0.5, 0.6) is 0 Å². The van der Waals surface area contributed by atoms with Crippen molar-refractivity contribution in [2.24, 2.45) is 0 Å². The summed E-state index contributed by atoms with van der Waals surface area (Å²) in [5.74, 6) is 0. The summed E-state index contributed by atoms with van der Waals surface area (Å²) in [4.78, 5) is 11.7. The lowest BCUT2D eigenvalue weighted by molar-refractivity contribution is -0.137. The second kappa shape index (κ2) is 4.91. The van der Waals surface area contributed by atoms with E-state index in [0.29, 0.717) is 5.56 Å². The van der Waals surface area contributed by atoms with Crippen molar-refractivity contribution < 1.29 is 13.2 Å². The van der Waals surface area contributed by atoms with Crippen LogP contribution in [0, 0.1) is 6.92 Å². The van der Waals surface area contributed by atoms with Crippen LogP contribution in [-0.2, 0) is 12.7 Å². The van der Waals surface area contributed by atoms with Gasteiger partial charge in [0.2, 0.25) is 0 Å². The van der Waals surface area contributed by atoms with Crippen LogP contribution in [0.4, 0.5) is 13.2 Å². The maximum absolute atomic E-state index is 12.6. The first-order valence-electron chi connectivity index (χ1n) is 5.69. The van der Waals surface area contributed by atoms with Crippen LogP contribution >= 0.6 is 0 Å². The summed E-state index contributed by atoms with van der Waals surface area (Å²) in [5, 5.41) is 0. The van der Waals surface area contributed by atoms with Crippen LogP contribution in [0.25, 0.3) is 0 Å². The third kappa shape index (κ3) is 3.24. The normalized spacial score (nSPS) is 11.6. The Balaban J connectivity index is 2.31. The van der Waals surface area contributed by atoms with Gasteiger partial charge in [-0.15, -0.1) is 0 Å². The van der Waals surface area contributed by atoms with Crippen LogP contribution in [0.1, 0.15) is 16.7 Å². The molecular formula is C14H12F3NO. The quantitative estimate of drug-likeness (QED) is 0.818. The van der Waals surface area contributed by atoms with E-state index in [2.05, 4.69) is 0 Å². The Kier molecular flexibility index (Phi) is 3.46. The standard InChI is InChI=1S/C14H12F3NO/c1-10-5-6-18(13(19)7-10)9-11-3-2-4-12(8-11)14(15,16)17/h2-8H,9H2,1H3. The zero-order valence-electron chi connectivity index (χ0n) is 10.2. The second-order valence-electron chi connectivity index (χ2n) is 4.37. The number of aromatic nitrogens is 1. The van der Waals surface area contributed by atoms with Gasteiger partial charge < -0.3 is 4.57 Å². The maximum atomic E-state index is 12.6. The predicted molar refractivity (Wildman–Crippen MR) is 66.0 cm³/mol. The lowest BCUT2D eigenvalue weighted by atomic mass is 10.1. The molecule has 0 N–H and O–H groups in total. The molecule has 100 valence electrons. The molecule has 1 aromatic carbocycles. The molecule has 1 aromatic heterocycles. The molecule has 0 radical (unpaired) electrons. The van der Waals surface area contributed by atoms with Gasteiger partial charge in [0.25, 0.3) is 5.56 Å². The highest BCUT2D eigenvalue weighted by Crippen LogP contribution is 2.29. The van der Waals surface area contributed by atoms with Crippen molar-refractivity contribution in [3.8, 4) is 0 Å². The molecule has 2 nitrogen and oxygen atoms in total. The molecule has 0 amide bonds. The van der Waals surface area contributed by atoms with E-state index in [-0.39, 0.29) is 12.1 Å². The Bertz CT molecular complexity index is 644. The molecular weight excluding hydrogens is 255 g/mol. The third-order valence-electron chi connectivity index (χ3n) is 2.76. The van der Waals surface area contributed by atoms with Crippen molar-refractivity contribution in [2.45, 2.75) is 19.6 Å². The molecule has 0 saturated heterocycles. The van der Waals surface area contributed by atoms with Crippen LogP contribution in [0.2, 0.25) is 0 Å². The molecule has 0 fully saturated rings. The second-order valence-corrected chi connectivity index (χ2v) is 4.37. The lowest BCUT2D eigenvalue weighted by Crippen LogP contribution is -2.19. The monoisotopic (exact) mass is 267 g/mol. The maximum Gasteiger partial charge on any atom is 0.416 e. The predicted octanol–water partition coefficient (Wildman–Crippen LogP) is 3.22. The van der Waals surface area contributed by atoms with Crippen molar-refractivity contribution in [3.05, 3.63) is 69.6 Å². The first-order valence-corrected chi connectivity index (χ1v) is 5.69. The number of aryl methyl sites for hydroxylation is 1. The van der Waals surface area contributed by atoms with Crippen molar-refractivity contribution in [1.82, 2.24) is 4.57 Å². The molecule has 0 spiro atoms. The average molecular weight is 267 g/mol. The lowest BCUT2D eigenvalue weighted by Gasteiger charge is -2.10. The summed E-state index contributed by atoms with van der Waals surface area (Å²) in [6.45, 7) is 1.92. The van der Waals surface area contributed by atoms with E-state index in [1.54, 1.807) is 25.3 Å². The smallest absolute Gasteiger partial charge is 0.311 e. The molecule has 0 saturated carbocycles. The zero-order valence-corrected chi connectivity index (χ0v) is 10.2. The van der Waals surface area contributed by atoms with Gasteiger partial charge in [-0.2, -0.15) is 13.2 Å². The zero-order chi connectivity index (χ0) is 14.0. The highest BCUT2D eigenvalue weighted by molar-refractivity contribution is 5.26. The minimum Gasteiger partial charge on any atom is -0.311 e. The minimum atomic E-state index is -4.37. The van der Waals surface area contributed by atoms with E-state index in [1.165, 1.54) is 16.7 Å². The number of benzene rings is 1. The van der Waals surface area contributed by atoms with Gasteiger partial charge in [0, 0.05) is 12.3 Å². The molecule has 2 rings (SSSR count). The number of hydrogen-bond acceptors (Lipinski definition) is 1. The van der Waals surface area contributed by atoms with E-state index >= 15 is 0 Å².